The fourth-order valence-corrected chi connectivity index (χ4v) is 2.57. The van der Waals surface area contributed by atoms with Gasteiger partial charge in [-0.2, -0.15) is 0 Å². The van der Waals surface area contributed by atoms with E-state index in [1.54, 1.807) is 11.3 Å². The van der Waals surface area contributed by atoms with E-state index in [1.807, 2.05) is 29.9 Å². The van der Waals surface area contributed by atoms with Gasteiger partial charge in [0.1, 0.15) is 16.0 Å². The molecule has 2 aromatic heterocycles. The molecular formula is C12H11N3S. The molecule has 0 aliphatic carbocycles. The number of nitrogens with zero attached hydrogens (tertiary/aromatic N) is 2. The van der Waals surface area contributed by atoms with Crippen molar-refractivity contribution in [1.29, 1.82) is 0 Å². The minimum absolute atomic E-state index is 0.818. The Hall–Kier alpha value is -1.81. The van der Waals surface area contributed by atoms with Crippen LogP contribution in [0.4, 0.5) is 5.00 Å². The van der Waals surface area contributed by atoms with E-state index < -0.39 is 0 Å². The molecule has 4 heteroatoms. The summed E-state index contributed by atoms with van der Waals surface area (Å²) in [6.45, 7) is 0.818. The molecule has 80 valence electrons. The molecule has 0 aliphatic rings. The van der Waals surface area contributed by atoms with Crippen LogP contribution in [0.15, 0.2) is 42.0 Å². The second kappa shape index (κ2) is 3.64. The predicted octanol–water partition coefficient (Wildman–Crippen LogP) is 2.73. The Morgan fingerprint density at radius 2 is 2.06 bits per heavy atom. The Bertz CT molecular complexity index is 610. The summed E-state index contributed by atoms with van der Waals surface area (Å²) in [5.41, 5.74) is 9.22. The summed E-state index contributed by atoms with van der Waals surface area (Å²) in [6.07, 6.45) is 1.85. The van der Waals surface area contributed by atoms with E-state index in [0.717, 1.165) is 22.6 Å². The van der Waals surface area contributed by atoms with Gasteiger partial charge in [0.05, 0.1) is 6.33 Å². The van der Waals surface area contributed by atoms with Crippen molar-refractivity contribution in [2.24, 2.45) is 0 Å². The number of aromatic nitrogens is 2. The van der Waals surface area contributed by atoms with E-state index >= 15 is 0 Å². The molecular weight excluding hydrogens is 218 g/mol. The summed E-state index contributed by atoms with van der Waals surface area (Å²) in [5, 5.41) is 2.83. The molecule has 0 bridgehead atoms. The van der Waals surface area contributed by atoms with Crippen molar-refractivity contribution in [3.05, 3.63) is 47.6 Å². The summed E-state index contributed by atoms with van der Waals surface area (Å²) in [7, 11) is 0. The second-order valence-corrected chi connectivity index (χ2v) is 4.60. The topological polar surface area (TPSA) is 43.8 Å². The van der Waals surface area contributed by atoms with E-state index in [2.05, 4.69) is 21.7 Å². The molecule has 1 aromatic carbocycles. The third-order valence-electron chi connectivity index (χ3n) is 2.59. The molecule has 0 radical (unpaired) electrons. The third kappa shape index (κ3) is 1.47. The molecule has 0 spiro atoms. The normalized spacial score (nSPS) is 11.0. The lowest BCUT2D eigenvalue weighted by atomic mass is 10.2. The number of anilines is 1. The van der Waals surface area contributed by atoms with Crippen LogP contribution in [0.5, 0.6) is 0 Å². The standard InChI is InChI=1S/C12H11N3S/c13-12-11-10(7-16-12)14-8-15(11)6-9-4-2-1-3-5-9/h1-5,7-8H,6,13H2. The largest absolute Gasteiger partial charge is 0.389 e. The molecule has 3 rings (SSSR count). The van der Waals surface area contributed by atoms with Gasteiger partial charge in [-0.25, -0.2) is 4.98 Å². The van der Waals surface area contributed by atoms with Crippen molar-refractivity contribution in [3.63, 3.8) is 0 Å². The molecule has 0 aliphatic heterocycles. The quantitative estimate of drug-likeness (QED) is 0.734. The molecule has 2 heterocycles. The van der Waals surface area contributed by atoms with Gasteiger partial charge in [0.25, 0.3) is 0 Å². The van der Waals surface area contributed by atoms with Crippen molar-refractivity contribution in [2.45, 2.75) is 6.54 Å². The molecule has 0 atom stereocenters. The van der Waals surface area contributed by atoms with Crippen LogP contribution in [0.25, 0.3) is 11.0 Å². The first-order chi connectivity index (χ1) is 7.84. The Kier molecular flexibility index (Phi) is 2.15. The zero-order valence-corrected chi connectivity index (χ0v) is 9.45. The van der Waals surface area contributed by atoms with Crippen molar-refractivity contribution in [2.75, 3.05) is 5.73 Å². The zero-order valence-electron chi connectivity index (χ0n) is 8.63. The number of thiophene rings is 1. The van der Waals surface area contributed by atoms with Crippen LogP contribution >= 0.6 is 11.3 Å². The van der Waals surface area contributed by atoms with E-state index in [0.29, 0.717) is 0 Å². The van der Waals surface area contributed by atoms with Gasteiger partial charge >= 0.3 is 0 Å². The number of imidazole rings is 1. The van der Waals surface area contributed by atoms with Gasteiger partial charge in [-0.1, -0.05) is 30.3 Å². The van der Waals surface area contributed by atoms with E-state index in [9.17, 15) is 0 Å². The molecule has 0 saturated heterocycles. The molecule has 16 heavy (non-hydrogen) atoms. The molecule has 0 amide bonds. The fourth-order valence-electron chi connectivity index (χ4n) is 1.83. The Balaban J connectivity index is 2.04. The highest BCUT2D eigenvalue weighted by molar-refractivity contribution is 7.15. The highest BCUT2D eigenvalue weighted by Gasteiger charge is 2.08. The molecule has 3 aromatic rings. The molecule has 0 unspecified atom stereocenters. The maximum atomic E-state index is 5.93. The number of nitrogen functional groups attached to an aromatic ring is 1. The second-order valence-electron chi connectivity index (χ2n) is 3.69. The number of fused-ring (bicyclic) bond motifs is 1. The van der Waals surface area contributed by atoms with E-state index in [-0.39, 0.29) is 0 Å². The third-order valence-corrected chi connectivity index (χ3v) is 3.38. The first-order valence-electron chi connectivity index (χ1n) is 5.06. The monoisotopic (exact) mass is 229 g/mol. The minimum atomic E-state index is 0.818. The predicted molar refractivity (Wildman–Crippen MR) is 67.6 cm³/mol. The first kappa shape index (κ1) is 9.42. The maximum Gasteiger partial charge on any atom is 0.112 e. The van der Waals surface area contributed by atoms with Crippen LogP contribution in [0.1, 0.15) is 5.56 Å². The van der Waals surface area contributed by atoms with Crippen molar-refractivity contribution < 1.29 is 0 Å². The SMILES string of the molecule is Nc1scc2ncn(Cc3ccccc3)c12. The van der Waals surface area contributed by atoms with Crippen molar-refractivity contribution in [3.8, 4) is 0 Å². The molecule has 0 saturated carbocycles. The minimum Gasteiger partial charge on any atom is -0.389 e. The van der Waals surface area contributed by atoms with Crippen molar-refractivity contribution in [1.82, 2.24) is 9.55 Å². The average Bonchev–Trinajstić information content (AvgIpc) is 2.86. The first-order valence-corrected chi connectivity index (χ1v) is 5.94. The van der Waals surface area contributed by atoms with Gasteiger partial charge in [-0.05, 0) is 5.56 Å². The summed E-state index contributed by atoms with van der Waals surface area (Å²) in [5.74, 6) is 0. The van der Waals surface area contributed by atoms with Crippen LogP contribution in [-0.4, -0.2) is 9.55 Å². The summed E-state index contributed by atoms with van der Waals surface area (Å²) in [6, 6.07) is 10.3. The summed E-state index contributed by atoms with van der Waals surface area (Å²) >= 11 is 1.54. The van der Waals surface area contributed by atoms with Gasteiger partial charge in [-0.15, -0.1) is 11.3 Å². The van der Waals surface area contributed by atoms with Crippen LogP contribution in [0, 0.1) is 0 Å². The summed E-state index contributed by atoms with van der Waals surface area (Å²) in [4.78, 5) is 4.33. The van der Waals surface area contributed by atoms with Crippen LogP contribution < -0.4 is 5.73 Å². The Morgan fingerprint density at radius 1 is 1.25 bits per heavy atom. The highest BCUT2D eigenvalue weighted by atomic mass is 32.1. The molecule has 3 nitrogen and oxygen atoms in total. The molecule has 0 fully saturated rings. The highest BCUT2D eigenvalue weighted by Crippen LogP contribution is 2.27. The van der Waals surface area contributed by atoms with Crippen LogP contribution in [0.3, 0.4) is 0 Å². The average molecular weight is 229 g/mol. The van der Waals surface area contributed by atoms with Gasteiger partial charge < -0.3 is 10.3 Å². The number of benzene rings is 1. The van der Waals surface area contributed by atoms with Crippen LogP contribution in [-0.2, 0) is 6.54 Å². The van der Waals surface area contributed by atoms with Gasteiger partial charge in [0.15, 0.2) is 0 Å². The Morgan fingerprint density at radius 3 is 2.88 bits per heavy atom. The number of rotatable bonds is 2. The lowest BCUT2D eigenvalue weighted by Gasteiger charge is -2.03. The molecule has 2 N–H and O–H groups in total. The lowest BCUT2D eigenvalue weighted by Crippen LogP contribution is -1.98. The van der Waals surface area contributed by atoms with E-state index in [4.69, 9.17) is 5.73 Å². The van der Waals surface area contributed by atoms with Gasteiger partial charge in [0.2, 0.25) is 0 Å². The summed E-state index contributed by atoms with van der Waals surface area (Å²) < 4.78 is 2.09. The zero-order chi connectivity index (χ0) is 11.0. The van der Waals surface area contributed by atoms with Crippen LogP contribution in [0.2, 0.25) is 0 Å². The van der Waals surface area contributed by atoms with Gasteiger partial charge in [-0.3, -0.25) is 0 Å². The fraction of sp³-hybridized carbons (Fsp3) is 0.0833. The van der Waals surface area contributed by atoms with E-state index in [1.165, 1.54) is 5.56 Å². The Labute approximate surface area is 97.2 Å². The van der Waals surface area contributed by atoms with Crippen molar-refractivity contribution >= 4 is 27.4 Å². The number of hydrogen-bond acceptors (Lipinski definition) is 3. The van der Waals surface area contributed by atoms with Gasteiger partial charge in [0, 0.05) is 11.9 Å². The maximum absolute atomic E-state index is 5.93. The number of nitrogens with two attached hydrogens (primary N) is 1. The number of hydrogen-bond donors (Lipinski definition) is 1. The smallest absolute Gasteiger partial charge is 0.112 e. The lowest BCUT2D eigenvalue weighted by molar-refractivity contribution is 0.826.